The van der Waals surface area contributed by atoms with Crippen LogP contribution in [0.3, 0.4) is 0 Å². The maximum Gasteiger partial charge on any atom is 0.334 e. The summed E-state index contributed by atoms with van der Waals surface area (Å²) in [5, 5.41) is 38.6. The molecule has 3 aromatic rings. The quantitative estimate of drug-likeness (QED) is 0.313. The Morgan fingerprint density at radius 1 is 1.08 bits per heavy atom. The molecule has 0 atom stereocenters. The molecule has 0 aliphatic heterocycles. The van der Waals surface area contributed by atoms with Gasteiger partial charge < -0.3 is 5.21 Å². The van der Waals surface area contributed by atoms with Crippen molar-refractivity contribution in [3.05, 3.63) is 66.9 Å². The molecule has 0 aliphatic rings. The Morgan fingerprint density at radius 2 is 1.79 bits per heavy atom. The van der Waals surface area contributed by atoms with E-state index in [9.17, 15) is 25.4 Å². The van der Waals surface area contributed by atoms with Crippen molar-refractivity contribution >= 4 is 22.4 Å². The third-order valence-electron chi connectivity index (χ3n) is 3.60. The summed E-state index contributed by atoms with van der Waals surface area (Å²) >= 11 is 0. The van der Waals surface area contributed by atoms with Crippen molar-refractivity contribution in [2.24, 2.45) is 0 Å². The lowest BCUT2D eigenvalue weighted by molar-refractivity contribution is -0.664. The summed E-state index contributed by atoms with van der Waals surface area (Å²) in [6, 6.07) is 7.03. The highest BCUT2D eigenvalue weighted by Gasteiger charge is 2.30. The number of non-ortho nitro benzene ring substituents is 2. The average molecular weight is 329 g/mol. The van der Waals surface area contributed by atoms with Gasteiger partial charge in [0.1, 0.15) is 5.69 Å². The lowest BCUT2D eigenvalue weighted by Crippen LogP contribution is -2.37. The van der Waals surface area contributed by atoms with Crippen molar-refractivity contribution in [3.63, 3.8) is 0 Å². The van der Waals surface area contributed by atoms with Crippen LogP contribution >= 0.6 is 0 Å². The van der Waals surface area contributed by atoms with Crippen LogP contribution in [-0.4, -0.2) is 19.7 Å². The summed E-state index contributed by atoms with van der Waals surface area (Å²) in [5.74, 6) is 0. The van der Waals surface area contributed by atoms with Crippen LogP contribution in [0.1, 0.15) is 11.1 Å². The van der Waals surface area contributed by atoms with Crippen LogP contribution in [0.2, 0.25) is 0 Å². The van der Waals surface area contributed by atoms with E-state index in [1.54, 1.807) is 19.1 Å². The van der Waals surface area contributed by atoms with Gasteiger partial charge in [-0.05, 0) is 30.3 Å². The molecule has 0 aliphatic carbocycles. The fraction of sp³-hybridized carbons (Fsp3) is 0.143. The van der Waals surface area contributed by atoms with Crippen molar-refractivity contribution in [2.45, 2.75) is 13.8 Å². The molecule has 0 fully saturated rings. The van der Waals surface area contributed by atoms with E-state index < -0.39 is 21.2 Å². The van der Waals surface area contributed by atoms with E-state index in [-0.39, 0.29) is 11.0 Å². The number of rotatable bonds is 3. The van der Waals surface area contributed by atoms with Gasteiger partial charge in [0.25, 0.3) is 5.69 Å². The van der Waals surface area contributed by atoms with E-state index >= 15 is 0 Å². The fourth-order valence-corrected chi connectivity index (χ4v) is 2.50. The summed E-state index contributed by atoms with van der Waals surface area (Å²) in [7, 11) is 0. The summed E-state index contributed by atoms with van der Waals surface area (Å²) < 4.78 is 0. The van der Waals surface area contributed by atoms with Crippen LogP contribution in [0.25, 0.3) is 16.7 Å². The third-order valence-corrected chi connectivity index (χ3v) is 3.60. The molecular formula is C14H11N5O5. The van der Waals surface area contributed by atoms with Crippen LogP contribution in [-0.2, 0) is 0 Å². The zero-order valence-electron chi connectivity index (χ0n) is 12.7. The zero-order chi connectivity index (χ0) is 17.6. The van der Waals surface area contributed by atoms with E-state index in [0.29, 0.717) is 10.5 Å². The summed E-state index contributed by atoms with van der Waals surface area (Å²) in [6.07, 6.45) is 0. The Kier molecular flexibility index (Phi) is 3.36. The number of hydrogen-bond donors (Lipinski definition) is 0. The molecule has 1 aromatic heterocycles. The molecule has 1 heterocycles. The average Bonchev–Trinajstić information content (AvgIpc) is 2.83. The number of benzene rings is 2. The van der Waals surface area contributed by atoms with Gasteiger partial charge in [0, 0.05) is 0 Å². The van der Waals surface area contributed by atoms with E-state index in [1.807, 2.05) is 13.0 Å². The standard InChI is InChI=1S/C14H11N5O5/c1-8-3-4-11(9(2)5-8)16-15-14-12(17(16)20)6-10(18(21)22)7-13(14)19(23)24/h3-7H,1-2H3. The Labute approximate surface area is 134 Å². The minimum absolute atomic E-state index is 0.208. The second-order valence-electron chi connectivity index (χ2n) is 5.30. The van der Waals surface area contributed by atoms with Crippen molar-refractivity contribution in [3.8, 4) is 5.69 Å². The van der Waals surface area contributed by atoms with Crippen LogP contribution in [0.4, 0.5) is 11.4 Å². The van der Waals surface area contributed by atoms with Gasteiger partial charge in [-0.15, -0.1) is 4.85 Å². The van der Waals surface area contributed by atoms with Gasteiger partial charge in [-0.1, -0.05) is 17.7 Å². The molecule has 2 aromatic carbocycles. The lowest BCUT2D eigenvalue weighted by Gasteiger charge is -2.07. The molecule has 3 rings (SSSR count). The van der Waals surface area contributed by atoms with Gasteiger partial charge in [-0.3, -0.25) is 20.2 Å². The number of nitro benzene ring substituents is 2. The van der Waals surface area contributed by atoms with Crippen molar-refractivity contribution < 1.29 is 14.7 Å². The number of fused-ring (bicyclic) bond motifs is 1. The molecule has 0 radical (unpaired) electrons. The molecule has 0 unspecified atom stereocenters. The van der Waals surface area contributed by atoms with Crippen LogP contribution in [0.15, 0.2) is 30.3 Å². The zero-order valence-corrected chi connectivity index (χ0v) is 12.7. The first-order chi connectivity index (χ1) is 11.3. The molecule has 0 saturated heterocycles. The Balaban J connectivity index is 2.36. The van der Waals surface area contributed by atoms with Crippen molar-refractivity contribution in [1.29, 1.82) is 0 Å². The van der Waals surface area contributed by atoms with Crippen molar-refractivity contribution in [2.75, 3.05) is 0 Å². The molecule has 24 heavy (non-hydrogen) atoms. The van der Waals surface area contributed by atoms with Crippen LogP contribution in [0.5, 0.6) is 0 Å². The smallest absolute Gasteiger partial charge is 0.334 e. The van der Waals surface area contributed by atoms with Gasteiger partial charge in [-0.2, -0.15) is 0 Å². The number of hydrogen-bond acceptors (Lipinski definition) is 6. The van der Waals surface area contributed by atoms with E-state index in [0.717, 1.165) is 28.1 Å². The van der Waals surface area contributed by atoms with Gasteiger partial charge >= 0.3 is 11.2 Å². The molecule has 0 saturated carbocycles. The minimum atomic E-state index is -0.797. The lowest BCUT2D eigenvalue weighted by atomic mass is 10.1. The van der Waals surface area contributed by atoms with Crippen molar-refractivity contribution in [1.82, 2.24) is 9.90 Å². The highest BCUT2D eigenvalue weighted by atomic mass is 16.6. The second-order valence-corrected chi connectivity index (χ2v) is 5.30. The topological polar surface area (TPSA) is 131 Å². The predicted molar refractivity (Wildman–Crippen MR) is 82.8 cm³/mol. The molecule has 0 spiro atoms. The second kappa shape index (κ2) is 5.26. The Hall–Kier alpha value is -3.56. The summed E-state index contributed by atoms with van der Waals surface area (Å²) in [4.78, 5) is 21.8. The third kappa shape index (κ3) is 2.29. The summed E-state index contributed by atoms with van der Waals surface area (Å²) in [5.41, 5.74) is 0.572. The molecule has 0 N–H and O–H groups in total. The number of nitrogens with zero attached hydrogens (tertiary/aromatic N) is 5. The SMILES string of the molecule is Cc1ccc(-n2nc3c([N+](=O)[O-])cc([N+](=O)[O-])cc3[n+]2[O-])c(C)c1. The molecule has 10 heteroatoms. The largest absolute Gasteiger partial charge is 0.692 e. The first-order valence-electron chi connectivity index (χ1n) is 6.82. The minimum Gasteiger partial charge on any atom is -0.692 e. The first kappa shape index (κ1) is 15.3. The van der Waals surface area contributed by atoms with Gasteiger partial charge in [0.2, 0.25) is 5.52 Å². The van der Waals surface area contributed by atoms with E-state index in [2.05, 4.69) is 5.10 Å². The Morgan fingerprint density at radius 3 is 2.38 bits per heavy atom. The molecule has 0 amide bonds. The first-order valence-corrected chi connectivity index (χ1v) is 6.82. The predicted octanol–water partition coefficient (Wildman–Crippen LogP) is 2.09. The van der Waals surface area contributed by atoms with Gasteiger partial charge in [0.15, 0.2) is 0 Å². The molecule has 122 valence electrons. The van der Waals surface area contributed by atoms with E-state index in [4.69, 9.17) is 0 Å². The Bertz CT molecular complexity index is 1010. The van der Waals surface area contributed by atoms with Gasteiger partial charge in [0.05, 0.1) is 27.1 Å². The number of aryl methyl sites for hydroxylation is 2. The van der Waals surface area contributed by atoms with Gasteiger partial charge in [-0.25, -0.2) is 0 Å². The molecular weight excluding hydrogens is 318 g/mol. The fourth-order valence-electron chi connectivity index (χ4n) is 2.50. The van der Waals surface area contributed by atoms with Crippen LogP contribution < -0.4 is 4.85 Å². The number of nitro groups is 2. The van der Waals surface area contributed by atoms with Crippen LogP contribution in [0, 0.1) is 39.3 Å². The highest BCUT2D eigenvalue weighted by Crippen LogP contribution is 2.28. The molecule has 0 bridgehead atoms. The highest BCUT2D eigenvalue weighted by molar-refractivity contribution is 5.84. The molecule has 10 nitrogen and oxygen atoms in total. The maximum atomic E-state index is 12.5. The number of aromatic nitrogens is 3. The summed E-state index contributed by atoms with van der Waals surface area (Å²) in [6.45, 7) is 3.65. The van der Waals surface area contributed by atoms with E-state index in [1.165, 1.54) is 0 Å². The monoisotopic (exact) mass is 329 g/mol. The maximum absolute atomic E-state index is 12.5. The normalized spacial score (nSPS) is 10.9.